The van der Waals surface area contributed by atoms with Crippen LogP contribution in [0.5, 0.6) is 0 Å². The predicted octanol–water partition coefficient (Wildman–Crippen LogP) is 26.9. The molecule has 0 atom stereocenters. The van der Waals surface area contributed by atoms with Crippen molar-refractivity contribution in [3.05, 3.63) is 404 Å². The van der Waals surface area contributed by atoms with Gasteiger partial charge < -0.3 is 106 Å². The Morgan fingerprint density at radius 1 is 0.232 bits per heavy atom. The molecule has 0 radical (unpaired) electrons. The van der Waals surface area contributed by atoms with Crippen LogP contribution in [0.1, 0.15) is 95.2 Å². The Morgan fingerprint density at radius 3 is 0.572 bits per heavy atom. The van der Waals surface area contributed by atoms with Crippen LogP contribution in [0.4, 0.5) is 39.5 Å². The van der Waals surface area contributed by atoms with Gasteiger partial charge in [-0.3, -0.25) is 29.9 Å². The summed E-state index contributed by atoms with van der Waals surface area (Å²) in [6, 6.07) is 80.2. The van der Waals surface area contributed by atoms with Crippen LogP contribution in [0.25, 0.3) is 135 Å². The number of hydrogen-bond acceptors (Lipinski definition) is 12. The van der Waals surface area contributed by atoms with Crippen LogP contribution < -0.4 is 30.6 Å². The Bertz CT molecular complexity index is 6440. The maximum absolute atomic E-state index is 12.7. The molecule has 714 valence electrons. The van der Waals surface area contributed by atoms with Crippen molar-refractivity contribution in [1.82, 2.24) is 91.1 Å². The molecule has 0 saturated carbocycles. The Labute approximate surface area is 842 Å². The molecular formula is C108H105F9N18Os3. The van der Waals surface area contributed by atoms with Gasteiger partial charge in [0, 0.05) is 122 Å². The summed E-state index contributed by atoms with van der Waals surface area (Å²) in [4.78, 5) is 26.3. The maximum Gasteiger partial charge on any atom is 4.00 e. The van der Waals surface area contributed by atoms with E-state index in [0.717, 1.165) is 143 Å². The molecule has 12 aromatic heterocycles. The summed E-state index contributed by atoms with van der Waals surface area (Å²) in [5.41, 5.74) is 26.0. The molecular weight excluding hydrogens is 2290 g/mol. The Balaban J connectivity index is 0.000000342. The molecule has 6 aromatic carbocycles. The van der Waals surface area contributed by atoms with Gasteiger partial charge in [0.1, 0.15) is 17.1 Å². The first kappa shape index (κ1) is 117. The zero-order valence-electron chi connectivity index (χ0n) is 79.3. The summed E-state index contributed by atoms with van der Waals surface area (Å²) in [6.45, 7) is 22.4. The van der Waals surface area contributed by atoms with Crippen LogP contribution in [0.15, 0.2) is 292 Å². The zero-order valence-corrected chi connectivity index (χ0v) is 86.9. The third kappa shape index (κ3) is 31.4. The van der Waals surface area contributed by atoms with Gasteiger partial charge in [0.25, 0.3) is 0 Å². The van der Waals surface area contributed by atoms with E-state index in [1.807, 2.05) is 211 Å². The summed E-state index contributed by atoms with van der Waals surface area (Å²) >= 11 is 0. The van der Waals surface area contributed by atoms with E-state index in [9.17, 15) is 39.5 Å². The summed E-state index contributed by atoms with van der Waals surface area (Å²) in [5.74, 6) is 0.986. The molecule has 0 fully saturated rings. The maximum atomic E-state index is 12.7. The van der Waals surface area contributed by atoms with Crippen molar-refractivity contribution in [2.24, 2.45) is 11.8 Å². The second kappa shape index (κ2) is 53.5. The van der Waals surface area contributed by atoms with Crippen molar-refractivity contribution in [2.75, 3.05) is 0 Å². The van der Waals surface area contributed by atoms with Gasteiger partial charge in [-0.1, -0.05) is 262 Å². The standard InChI is InChI=1S/C19H17F3N3.C19H20N3.2C16H11F3N3.2C16H14N3.6CH3.3Os/c1-12(2)8-14-9-16(17-10-18(25-24-17)19(20,21)22)23-11-15(14)13-6-4-3-5-7-13;1-13(2)9-16-11-18(19-10-14(3)21-22-19)20-12-17(16)15-7-5-4-6-8-15;2*1-10-7-13(14-8-15(22-21-14)16(17,18)19)20-9-12(10)11-5-3-2-4-6-11;2*1-11-8-15(16-9-12(2)18-19-16)17-10-14(11)13-6-4-3-5-7-13;;;;;;;;;/h3-7,9-12H,8H2,1-2H3;4-8,10-13H,9H2,1-3H3;2*2-9H,1H3;2*3-10H,1-2H3;6*1H3;;;/q12*-1;3*+4. The number of aromatic nitrogens is 18. The first-order valence-electron chi connectivity index (χ1n) is 41.2. The molecule has 0 bridgehead atoms. The van der Waals surface area contributed by atoms with Crippen LogP contribution >= 0.6 is 0 Å². The fraction of sp³-hybridized carbons (Fsp3) is 0.167. The topological polar surface area (TPSA) is 239 Å². The number of benzene rings is 6. The van der Waals surface area contributed by atoms with Gasteiger partial charge in [0.2, 0.25) is 0 Å². The number of hydrogen-bond donors (Lipinski definition) is 0. The molecule has 0 N–H and O–H groups in total. The fourth-order valence-electron chi connectivity index (χ4n) is 13.9. The van der Waals surface area contributed by atoms with E-state index in [4.69, 9.17) is 0 Å². The number of halogens is 9. The van der Waals surface area contributed by atoms with Gasteiger partial charge in [-0.25, -0.2) is 0 Å². The molecule has 12 heterocycles. The molecule has 18 aromatic rings. The summed E-state index contributed by atoms with van der Waals surface area (Å²) in [6.07, 6.45) is -0.925. The van der Waals surface area contributed by atoms with Crippen molar-refractivity contribution in [3.8, 4) is 135 Å². The minimum absolute atomic E-state index is 0. The molecule has 0 aliphatic carbocycles. The van der Waals surface area contributed by atoms with E-state index in [1.165, 1.54) is 38.9 Å². The second-order valence-corrected chi connectivity index (χ2v) is 31.3. The number of alkyl halides is 9. The van der Waals surface area contributed by atoms with E-state index in [1.54, 1.807) is 30.7 Å². The largest absolute Gasteiger partial charge is 4.00 e. The van der Waals surface area contributed by atoms with Gasteiger partial charge in [0.15, 0.2) is 0 Å². The number of rotatable bonds is 16. The first-order chi connectivity index (χ1) is 61.8. The van der Waals surface area contributed by atoms with Crippen molar-refractivity contribution in [2.45, 2.75) is 108 Å². The molecule has 0 unspecified atom stereocenters. The molecule has 30 heteroatoms. The van der Waals surface area contributed by atoms with Crippen molar-refractivity contribution in [3.63, 3.8) is 0 Å². The van der Waals surface area contributed by atoms with Crippen LogP contribution in [-0.4, -0.2) is 60.5 Å². The Hall–Kier alpha value is -13.2. The SMILES string of the molecule is CC(C)Cc1cc(-c2cc(C(F)(F)F)n[n-]2)ncc1-c1ccccc1.Cc1cc(-c2cc(C(F)(F)F)n[n-]2)ncc1-c1ccccc1.Cc1cc(-c2cc(C(F)(F)F)n[n-]2)ncc1-c1ccccc1.Cc1cc(-c2cc(C)c(-c3ccccc3)cn2)[n-]n1.Cc1cc(-c2cc(C)c(-c3ccccc3)cn2)[n-]n1.Cc1cc(-c2cc(CC(C)C)c(-c3ccccc3)cn2)[n-]n1.[CH3-].[CH3-].[CH3-].[CH3-].[CH3-].[CH3-].[Os+4].[Os+4].[Os+4]. The minimum atomic E-state index is -4.50. The van der Waals surface area contributed by atoms with Gasteiger partial charge in [-0.05, 0) is 195 Å². The van der Waals surface area contributed by atoms with E-state index in [2.05, 4.69) is 199 Å². The number of nitrogens with zero attached hydrogens (tertiary/aromatic N) is 18. The van der Waals surface area contributed by atoms with E-state index >= 15 is 0 Å². The third-order valence-corrected chi connectivity index (χ3v) is 20.2. The third-order valence-electron chi connectivity index (χ3n) is 20.2. The van der Waals surface area contributed by atoms with Crippen LogP contribution in [0.3, 0.4) is 0 Å². The smallest absolute Gasteiger partial charge is 0.574 e. The van der Waals surface area contributed by atoms with Gasteiger partial charge in [-0.2, -0.15) is 39.5 Å². The average Bonchev–Trinajstić information content (AvgIpc) is 1.41. The van der Waals surface area contributed by atoms with Gasteiger partial charge in [-0.15, -0.1) is 0 Å². The summed E-state index contributed by atoms with van der Waals surface area (Å²) in [7, 11) is 0. The molecule has 0 saturated heterocycles. The molecule has 0 aliphatic heterocycles. The molecule has 18 rings (SSSR count). The normalized spacial score (nSPS) is 10.6. The molecule has 0 amide bonds. The van der Waals surface area contributed by atoms with Crippen molar-refractivity contribution < 1.29 is 98.9 Å². The molecule has 0 aliphatic rings. The first-order valence-corrected chi connectivity index (χ1v) is 41.2. The van der Waals surface area contributed by atoms with Crippen molar-refractivity contribution in [1.29, 1.82) is 0 Å². The van der Waals surface area contributed by atoms with Gasteiger partial charge >= 0.3 is 77.9 Å². The fourth-order valence-corrected chi connectivity index (χ4v) is 13.9. The van der Waals surface area contributed by atoms with Crippen LogP contribution in [0.2, 0.25) is 0 Å². The van der Waals surface area contributed by atoms with Gasteiger partial charge in [0.05, 0.1) is 0 Å². The Morgan fingerprint density at radius 2 is 0.406 bits per heavy atom. The predicted molar refractivity (Wildman–Crippen MR) is 521 cm³/mol. The molecule has 18 nitrogen and oxygen atoms in total. The molecule has 138 heavy (non-hydrogen) atoms. The van der Waals surface area contributed by atoms with Crippen molar-refractivity contribution >= 4 is 0 Å². The molecule has 0 spiro atoms. The zero-order chi connectivity index (χ0) is 91.5. The summed E-state index contributed by atoms with van der Waals surface area (Å²) in [5, 5.41) is 44.8. The number of pyridine rings is 6. The average molecular weight is 2400 g/mol. The van der Waals surface area contributed by atoms with E-state index < -0.39 is 35.6 Å². The monoisotopic (exact) mass is 2400 g/mol. The summed E-state index contributed by atoms with van der Waals surface area (Å²) < 4.78 is 114. The Kier molecular flexibility index (Phi) is 45.4. The second-order valence-electron chi connectivity index (χ2n) is 31.3. The quantitative estimate of drug-likeness (QED) is 0.0645. The van der Waals surface area contributed by atoms with E-state index in [-0.39, 0.29) is 121 Å². The number of aryl methyl sites for hydroxylation is 7. The van der Waals surface area contributed by atoms with E-state index in [0.29, 0.717) is 28.9 Å². The minimum Gasteiger partial charge on any atom is -0.574 e. The van der Waals surface area contributed by atoms with Crippen LogP contribution in [0, 0.1) is 105 Å². The van der Waals surface area contributed by atoms with Crippen LogP contribution in [-0.2, 0) is 90.7 Å².